The third-order valence-electron chi connectivity index (χ3n) is 6.38. The van der Waals surface area contributed by atoms with Gasteiger partial charge in [-0.2, -0.15) is 0 Å². The van der Waals surface area contributed by atoms with Gasteiger partial charge in [0.2, 0.25) is 0 Å². The summed E-state index contributed by atoms with van der Waals surface area (Å²) in [7, 11) is -2.43. The predicted octanol–water partition coefficient (Wildman–Crippen LogP) is 5.92. The molecule has 7 heteroatoms. The van der Waals surface area contributed by atoms with Crippen molar-refractivity contribution in [2.75, 3.05) is 0 Å². The molecule has 0 aromatic heterocycles. The van der Waals surface area contributed by atoms with Crippen molar-refractivity contribution in [3.63, 3.8) is 0 Å². The normalized spacial score (nSPS) is 11.3. The van der Waals surface area contributed by atoms with Crippen LogP contribution in [0.3, 0.4) is 0 Å². The van der Waals surface area contributed by atoms with E-state index in [1.54, 1.807) is 0 Å². The van der Waals surface area contributed by atoms with Crippen molar-refractivity contribution in [1.82, 2.24) is 0 Å². The summed E-state index contributed by atoms with van der Waals surface area (Å²) in [5.41, 5.74) is 3.39. The number of nitrogens with zero attached hydrogens (tertiary/aromatic N) is 2. The number of nitro groups is 2. The molecule has 4 aromatic carbocycles. The van der Waals surface area contributed by atoms with Gasteiger partial charge < -0.3 is 0 Å². The van der Waals surface area contributed by atoms with E-state index in [0.717, 1.165) is 38.7 Å². The Morgan fingerprint density at radius 3 is 1.26 bits per heavy atom. The van der Waals surface area contributed by atoms with Crippen LogP contribution in [0.4, 0.5) is 11.4 Å². The minimum Gasteiger partial charge on any atom is -0.258 e. The Kier molecular flexibility index (Phi) is 6.77. The largest absolute Gasteiger partial charge is 0.276 e. The van der Waals surface area contributed by atoms with Crippen LogP contribution in [0.5, 0.6) is 0 Å². The lowest BCUT2D eigenvalue weighted by Crippen LogP contribution is -2.36. The molecule has 0 spiro atoms. The third kappa shape index (κ3) is 4.58. The van der Waals surface area contributed by atoms with Crippen molar-refractivity contribution in [3.05, 3.63) is 133 Å². The van der Waals surface area contributed by atoms with Gasteiger partial charge in [-0.15, -0.1) is 0 Å². The first-order valence-electron chi connectivity index (χ1n) is 11.2. The highest BCUT2D eigenvalue weighted by atomic mass is 31.2. The van der Waals surface area contributed by atoms with Crippen LogP contribution in [0.25, 0.3) is 0 Å². The number of nitro benzene ring substituents is 2. The lowest BCUT2D eigenvalue weighted by molar-refractivity contribution is -0.394. The van der Waals surface area contributed by atoms with Crippen molar-refractivity contribution in [2.24, 2.45) is 0 Å². The summed E-state index contributed by atoms with van der Waals surface area (Å²) in [4.78, 5) is 22.2. The van der Waals surface area contributed by atoms with Crippen LogP contribution in [-0.4, -0.2) is 9.85 Å². The standard InChI is InChI=1S/C28H26N2O4P/c1-20-10-4-7-13-26(20)35(27-14-8-5-11-21(27)2,28-15-9-6-12-22(28)3)19-23-16-24(29(31)32)18-25(17-23)30(33)34/h4-18H,19H2,1-3H3/q+1. The van der Waals surface area contributed by atoms with Gasteiger partial charge in [0.1, 0.15) is 23.2 Å². The molecule has 0 saturated heterocycles. The molecule has 0 radical (unpaired) electrons. The second kappa shape index (κ2) is 9.77. The molecule has 0 heterocycles. The van der Waals surface area contributed by atoms with Gasteiger partial charge in [0.15, 0.2) is 0 Å². The maximum atomic E-state index is 11.7. The number of rotatable bonds is 7. The van der Waals surface area contributed by atoms with Gasteiger partial charge in [0, 0.05) is 17.7 Å². The quantitative estimate of drug-likeness (QED) is 0.185. The number of hydrogen-bond donors (Lipinski definition) is 0. The first-order chi connectivity index (χ1) is 16.7. The van der Waals surface area contributed by atoms with Crippen molar-refractivity contribution < 1.29 is 9.85 Å². The van der Waals surface area contributed by atoms with E-state index in [-0.39, 0.29) is 11.4 Å². The van der Waals surface area contributed by atoms with E-state index < -0.39 is 17.1 Å². The van der Waals surface area contributed by atoms with Gasteiger partial charge in [-0.3, -0.25) is 20.2 Å². The van der Waals surface area contributed by atoms with Crippen molar-refractivity contribution in [2.45, 2.75) is 26.9 Å². The van der Waals surface area contributed by atoms with E-state index in [1.807, 2.05) is 36.4 Å². The summed E-state index contributed by atoms with van der Waals surface area (Å²) in [6.07, 6.45) is 0.427. The van der Waals surface area contributed by atoms with Gasteiger partial charge >= 0.3 is 0 Å². The Hall–Kier alpha value is -3.89. The van der Waals surface area contributed by atoms with E-state index in [2.05, 4.69) is 57.2 Å². The summed E-state index contributed by atoms with van der Waals surface area (Å²) in [5.74, 6) is 0. The summed E-state index contributed by atoms with van der Waals surface area (Å²) in [6.45, 7) is 6.24. The highest BCUT2D eigenvalue weighted by Crippen LogP contribution is 2.60. The fourth-order valence-corrected chi connectivity index (χ4v) is 9.92. The van der Waals surface area contributed by atoms with Crippen molar-refractivity contribution >= 4 is 34.6 Å². The molecule has 0 aliphatic rings. The lowest BCUT2D eigenvalue weighted by Gasteiger charge is -2.31. The van der Waals surface area contributed by atoms with Crippen LogP contribution in [0.15, 0.2) is 91.0 Å². The van der Waals surface area contributed by atoms with E-state index in [4.69, 9.17) is 0 Å². The molecule has 0 atom stereocenters. The lowest BCUT2D eigenvalue weighted by atomic mass is 10.2. The maximum Gasteiger partial charge on any atom is 0.276 e. The topological polar surface area (TPSA) is 86.3 Å². The summed E-state index contributed by atoms with van der Waals surface area (Å²) < 4.78 is 0. The second-order valence-electron chi connectivity index (χ2n) is 8.70. The highest BCUT2D eigenvalue weighted by Gasteiger charge is 2.48. The molecule has 4 rings (SSSR count). The van der Waals surface area contributed by atoms with E-state index in [9.17, 15) is 20.2 Å². The van der Waals surface area contributed by atoms with E-state index in [0.29, 0.717) is 11.7 Å². The Morgan fingerprint density at radius 2 is 0.943 bits per heavy atom. The molecular weight excluding hydrogens is 459 g/mol. The Balaban J connectivity index is 2.13. The molecule has 0 fully saturated rings. The first-order valence-corrected chi connectivity index (χ1v) is 13.2. The van der Waals surface area contributed by atoms with Crippen LogP contribution in [0.2, 0.25) is 0 Å². The Labute approximate surface area is 204 Å². The minimum absolute atomic E-state index is 0.272. The van der Waals surface area contributed by atoms with Gasteiger partial charge in [0.25, 0.3) is 11.4 Å². The van der Waals surface area contributed by atoms with Gasteiger partial charge in [-0.25, -0.2) is 0 Å². The van der Waals surface area contributed by atoms with E-state index >= 15 is 0 Å². The number of aryl methyl sites for hydroxylation is 3. The molecule has 176 valence electrons. The predicted molar refractivity (Wildman–Crippen MR) is 143 cm³/mol. The molecule has 4 aromatic rings. The van der Waals surface area contributed by atoms with Gasteiger partial charge in [-0.1, -0.05) is 54.6 Å². The fourth-order valence-electron chi connectivity index (χ4n) is 4.85. The van der Waals surface area contributed by atoms with Crippen LogP contribution in [0, 0.1) is 41.0 Å². The molecule has 0 aliphatic heterocycles. The summed E-state index contributed by atoms with van der Waals surface area (Å²) in [6, 6.07) is 28.7. The SMILES string of the molecule is Cc1ccccc1[P+](Cc1cc([N+](=O)[O-])cc([N+](=O)[O-])c1)(c1ccccc1C)c1ccccc1C. The Morgan fingerprint density at radius 1 is 0.600 bits per heavy atom. The number of non-ortho nitro benzene ring substituents is 2. The van der Waals surface area contributed by atoms with Gasteiger partial charge in [0.05, 0.1) is 22.1 Å². The molecule has 0 N–H and O–H groups in total. The average Bonchev–Trinajstić information content (AvgIpc) is 2.83. The summed E-state index contributed by atoms with van der Waals surface area (Å²) in [5, 5.41) is 26.8. The van der Waals surface area contributed by atoms with Crippen molar-refractivity contribution in [3.8, 4) is 0 Å². The van der Waals surface area contributed by atoms with Crippen LogP contribution < -0.4 is 15.9 Å². The fraction of sp³-hybridized carbons (Fsp3) is 0.143. The third-order valence-corrected chi connectivity index (χ3v) is 11.2. The zero-order valence-electron chi connectivity index (χ0n) is 19.8. The number of hydrogen-bond acceptors (Lipinski definition) is 4. The van der Waals surface area contributed by atoms with Crippen LogP contribution in [0.1, 0.15) is 22.3 Å². The summed E-state index contributed by atoms with van der Waals surface area (Å²) >= 11 is 0. The zero-order valence-corrected chi connectivity index (χ0v) is 20.7. The molecule has 0 bridgehead atoms. The Bertz CT molecular complexity index is 1290. The molecule has 0 aliphatic carbocycles. The smallest absolute Gasteiger partial charge is 0.258 e. The average molecular weight is 486 g/mol. The second-order valence-corrected chi connectivity index (χ2v) is 12.1. The first kappa shape index (κ1) is 24.2. The molecule has 35 heavy (non-hydrogen) atoms. The maximum absolute atomic E-state index is 11.7. The zero-order chi connectivity index (χ0) is 25.2. The molecular formula is C28H26N2O4P+. The van der Waals surface area contributed by atoms with Crippen LogP contribution in [-0.2, 0) is 6.16 Å². The van der Waals surface area contributed by atoms with Gasteiger partial charge in [-0.05, 0) is 55.7 Å². The highest BCUT2D eigenvalue weighted by molar-refractivity contribution is 7.95. The molecule has 0 amide bonds. The molecule has 0 unspecified atom stereocenters. The van der Waals surface area contributed by atoms with Crippen molar-refractivity contribution in [1.29, 1.82) is 0 Å². The van der Waals surface area contributed by atoms with Crippen LogP contribution >= 0.6 is 7.26 Å². The molecule has 0 saturated carbocycles. The molecule has 6 nitrogen and oxygen atoms in total. The number of benzene rings is 4. The van der Waals surface area contributed by atoms with E-state index in [1.165, 1.54) is 12.1 Å². The minimum atomic E-state index is -2.43. The monoisotopic (exact) mass is 485 g/mol.